The van der Waals surface area contributed by atoms with Crippen LogP contribution in [0.3, 0.4) is 0 Å². The summed E-state index contributed by atoms with van der Waals surface area (Å²) in [6, 6.07) is 3.72. The van der Waals surface area contributed by atoms with Crippen LogP contribution >= 0.6 is 11.6 Å². The van der Waals surface area contributed by atoms with E-state index in [9.17, 15) is 0 Å². The number of ether oxygens (including phenoxy) is 1. The number of nitrogens with zero attached hydrogens (tertiary/aromatic N) is 3. The van der Waals surface area contributed by atoms with Crippen LogP contribution in [-0.4, -0.2) is 21.6 Å². The summed E-state index contributed by atoms with van der Waals surface area (Å²) in [5.74, 6) is 0. The molecule has 0 aliphatic heterocycles. The van der Waals surface area contributed by atoms with Gasteiger partial charge >= 0.3 is 0 Å². The summed E-state index contributed by atoms with van der Waals surface area (Å²) < 4.78 is 5.12. The van der Waals surface area contributed by atoms with E-state index in [1.807, 2.05) is 19.1 Å². The number of hydrogen-bond donors (Lipinski definition) is 0. The van der Waals surface area contributed by atoms with E-state index >= 15 is 0 Å². The molecule has 0 aliphatic carbocycles. The summed E-state index contributed by atoms with van der Waals surface area (Å²) in [6.07, 6.45) is 5.01. The molecule has 0 bridgehead atoms. The molecular weight excluding hydrogens is 226 g/mol. The second-order valence-corrected chi connectivity index (χ2v) is 3.35. The second-order valence-electron chi connectivity index (χ2n) is 3.01. The average Bonchev–Trinajstić information content (AvgIpc) is 2.29. The Morgan fingerprint density at radius 2 is 2.31 bits per heavy atom. The molecule has 2 rings (SSSR count). The molecule has 82 valence electrons. The monoisotopic (exact) mass is 235 g/mol. The van der Waals surface area contributed by atoms with Crippen molar-refractivity contribution >= 4 is 28.7 Å². The molecule has 0 N–H and O–H groups in total. The first-order chi connectivity index (χ1) is 7.81. The predicted octanol–water partition coefficient (Wildman–Crippen LogP) is 2.69. The molecule has 2 aromatic rings. The minimum absolute atomic E-state index is 0.183. The van der Waals surface area contributed by atoms with Crippen molar-refractivity contribution in [2.24, 2.45) is 0 Å². The van der Waals surface area contributed by atoms with Crippen LogP contribution in [0.2, 0.25) is 5.28 Å². The molecule has 0 unspecified atom stereocenters. The van der Waals surface area contributed by atoms with E-state index in [0.29, 0.717) is 17.9 Å². The standard InChI is InChI=1S/C11H10ClN3O/c1-2-16-7-5-9-8-4-3-6-13-10(8)15-11(12)14-9/h3-7H,2H2,1H3. The van der Waals surface area contributed by atoms with Crippen LogP contribution in [0.1, 0.15) is 12.6 Å². The van der Waals surface area contributed by atoms with Crippen LogP contribution in [0.15, 0.2) is 24.6 Å². The lowest BCUT2D eigenvalue weighted by molar-refractivity contribution is 0.272. The van der Waals surface area contributed by atoms with Gasteiger partial charge in [0.2, 0.25) is 5.28 Å². The highest BCUT2D eigenvalue weighted by molar-refractivity contribution is 6.28. The summed E-state index contributed by atoms with van der Waals surface area (Å²) in [6.45, 7) is 2.53. The van der Waals surface area contributed by atoms with Gasteiger partial charge in [0.15, 0.2) is 5.65 Å². The molecule has 0 saturated carbocycles. The van der Waals surface area contributed by atoms with Crippen molar-refractivity contribution in [3.8, 4) is 0 Å². The van der Waals surface area contributed by atoms with Crippen molar-refractivity contribution in [1.29, 1.82) is 0 Å². The Morgan fingerprint density at radius 3 is 3.12 bits per heavy atom. The maximum absolute atomic E-state index is 5.80. The van der Waals surface area contributed by atoms with Crippen molar-refractivity contribution in [3.63, 3.8) is 0 Å². The molecule has 0 fully saturated rings. The lowest BCUT2D eigenvalue weighted by Gasteiger charge is -2.00. The third kappa shape index (κ3) is 2.28. The molecule has 0 spiro atoms. The number of hydrogen-bond acceptors (Lipinski definition) is 4. The van der Waals surface area contributed by atoms with Crippen molar-refractivity contribution in [3.05, 3.63) is 35.6 Å². The Kier molecular flexibility index (Phi) is 3.31. The van der Waals surface area contributed by atoms with Crippen molar-refractivity contribution in [2.45, 2.75) is 6.92 Å². The first kappa shape index (κ1) is 10.8. The Hall–Kier alpha value is -1.68. The third-order valence-electron chi connectivity index (χ3n) is 1.96. The fraction of sp³-hybridized carbons (Fsp3) is 0.182. The third-order valence-corrected chi connectivity index (χ3v) is 2.13. The van der Waals surface area contributed by atoms with E-state index in [0.717, 1.165) is 5.39 Å². The van der Waals surface area contributed by atoms with Crippen molar-refractivity contribution in [2.75, 3.05) is 6.61 Å². The van der Waals surface area contributed by atoms with Gasteiger partial charge in [-0.3, -0.25) is 0 Å². The largest absolute Gasteiger partial charge is 0.501 e. The first-order valence-electron chi connectivity index (χ1n) is 4.87. The topological polar surface area (TPSA) is 47.9 Å². The van der Waals surface area contributed by atoms with Gasteiger partial charge in [-0.1, -0.05) is 0 Å². The van der Waals surface area contributed by atoms with E-state index < -0.39 is 0 Å². The van der Waals surface area contributed by atoms with Crippen molar-refractivity contribution < 1.29 is 4.74 Å². The molecule has 0 aromatic carbocycles. The Balaban J connectivity index is 2.50. The van der Waals surface area contributed by atoms with E-state index in [4.69, 9.17) is 16.3 Å². The molecule has 4 nitrogen and oxygen atoms in total. The Labute approximate surface area is 98.0 Å². The predicted molar refractivity (Wildman–Crippen MR) is 63.0 cm³/mol. The Morgan fingerprint density at radius 1 is 1.44 bits per heavy atom. The zero-order valence-corrected chi connectivity index (χ0v) is 9.48. The molecular formula is C11H10ClN3O. The van der Waals surface area contributed by atoms with Gasteiger partial charge < -0.3 is 4.74 Å². The number of fused-ring (bicyclic) bond motifs is 1. The van der Waals surface area contributed by atoms with E-state index in [-0.39, 0.29) is 5.28 Å². The number of rotatable bonds is 3. The molecule has 0 amide bonds. The van der Waals surface area contributed by atoms with Crippen LogP contribution in [0.4, 0.5) is 0 Å². The first-order valence-corrected chi connectivity index (χ1v) is 5.25. The van der Waals surface area contributed by atoms with Gasteiger partial charge in [0, 0.05) is 11.6 Å². The van der Waals surface area contributed by atoms with Crippen LogP contribution < -0.4 is 0 Å². The molecule has 0 atom stereocenters. The summed E-state index contributed by atoms with van der Waals surface area (Å²) in [5, 5.41) is 1.03. The van der Waals surface area contributed by atoms with Gasteiger partial charge in [0.05, 0.1) is 18.6 Å². The smallest absolute Gasteiger partial charge is 0.224 e. The van der Waals surface area contributed by atoms with Gasteiger partial charge in [-0.05, 0) is 36.7 Å². The quantitative estimate of drug-likeness (QED) is 0.606. The summed E-state index contributed by atoms with van der Waals surface area (Å²) in [7, 11) is 0. The fourth-order valence-corrected chi connectivity index (χ4v) is 1.46. The van der Waals surface area contributed by atoms with Gasteiger partial charge in [-0.15, -0.1) is 0 Å². The Bertz CT molecular complexity index is 528. The van der Waals surface area contributed by atoms with Crippen LogP contribution in [0.5, 0.6) is 0 Å². The van der Waals surface area contributed by atoms with Gasteiger partial charge in [0.1, 0.15) is 0 Å². The van der Waals surface area contributed by atoms with Gasteiger partial charge in [-0.2, -0.15) is 4.98 Å². The van der Waals surface area contributed by atoms with Crippen LogP contribution in [0, 0.1) is 0 Å². The highest BCUT2D eigenvalue weighted by atomic mass is 35.5. The number of halogens is 1. The van der Waals surface area contributed by atoms with E-state index in [1.54, 1.807) is 18.5 Å². The highest BCUT2D eigenvalue weighted by Crippen LogP contribution is 2.16. The molecule has 5 heteroatoms. The molecule has 0 aliphatic rings. The van der Waals surface area contributed by atoms with E-state index in [1.165, 1.54) is 0 Å². The summed E-state index contributed by atoms with van der Waals surface area (Å²) in [4.78, 5) is 12.3. The summed E-state index contributed by atoms with van der Waals surface area (Å²) in [5.41, 5.74) is 1.29. The average molecular weight is 236 g/mol. The molecule has 16 heavy (non-hydrogen) atoms. The zero-order valence-electron chi connectivity index (χ0n) is 8.72. The maximum atomic E-state index is 5.80. The van der Waals surface area contributed by atoms with E-state index in [2.05, 4.69) is 15.0 Å². The van der Waals surface area contributed by atoms with Crippen LogP contribution in [0.25, 0.3) is 17.1 Å². The molecule has 2 aromatic heterocycles. The SMILES string of the molecule is CCOC=Cc1nc(Cl)nc2ncccc12. The molecule has 2 heterocycles. The lowest BCUT2D eigenvalue weighted by Crippen LogP contribution is -1.92. The highest BCUT2D eigenvalue weighted by Gasteiger charge is 2.04. The number of pyridine rings is 1. The minimum Gasteiger partial charge on any atom is -0.501 e. The maximum Gasteiger partial charge on any atom is 0.224 e. The normalized spacial score (nSPS) is 11.1. The van der Waals surface area contributed by atoms with Crippen molar-refractivity contribution in [1.82, 2.24) is 15.0 Å². The fourth-order valence-electron chi connectivity index (χ4n) is 1.29. The molecule has 0 radical (unpaired) electrons. The minimum atomic E-state index is 0.183. The number of aromatic nitrogens is 3. The molecule has 0 saturated heterocycles. The van der Waals surface area contributed by atoms with Gasteiger partial charge in [0.25, 0.3) is 0 Å². The van der Waals surface area contributed by atoms with Gasteiger partial charge in [-0.25, -0.2) is 9.97 Å². The second kappa shape index (κ2) is 4.90. The summed E-state index contributed by atoms with van der Waals surface area (Å²) >= 11 is 5.80. The van der Waals surface area contributed by atoms with Crippen LogP contribution in [-0.2, 0) is 4.74 Å². The zero-order chi connectivity index (χ0) is 11.4. The lowest BCUT2D eigenvalue weighted by atomic mass is 10.2.